The Labute approximate surface area is 109 Å². The van der Waals surface area contributed by atoms with Crippen molar-refractivity contribution in [1.29, 1.82) is 0 Å². The first kappa shape index (κ1) is 12.5. The number of ether oxygens (including phenoxy) is 1. The summed E-state index contributed by atoms with van der Waals surface area (Å²) in [4.78, 5) is 12.3. The molecule has 4 fully saturated rings. The molecular formula is C15H25NO2. The molecule has 1 unspecified atom stereocenters. The number of nitrogens with two attached hydrogens (primary N) is 1. The molecule has 0 amide bonds. The lowest BCUT2D eigenvalue weighted by Gasteiger charge is -2.61. The van der Waals surface area contributed by atoms with Crippen LogP contribution in [-0.4, -0.2) is 19.6 Å². The number of carbonyl (C=O) groups excluding carboxylic acids is 1. The second kappa shape index (κ2) is 3.96. The van der Waals surface area contributed by atoms with Gasteiger partial charge < -0.3 is 10.5 Å². The molecule has 0 aromatic heterocycles. The van der Waals surface area contributed by atoms with Gasteiger partial charge in [-0.3, -0.25) is 4.79 Å². The van der Waals surface area contributed by atoms with Crippen LogP contribution in [0, 0.1) is 28.6 Å². The van der Waals surface area contributed by atoms with Gasteiger partial charge in [0.25, 0.3) is 0 Å². The summed E-state index contributed by atoms with van der Waals surface area (Å²) in [5, 5.41) is 0. The summed E-state index contributed by atoms with van der Waals surface area (Å²) in [7, 11) is 1.50. The van der Waals surface area contributed by atoms with E-state index in [4.69, 9.17) is 10.5 Å². The smallest absolute Gasteiger partial charge is 0.313 e. The summed E-state index contributed by atoms with van der Waals surface area (Å²) in [6.07, 6.45) is 7.76. The fraction of sp³-hybridized carbons (Fsp3) is 0.933. The second-order valence-corrected chi connectivity index (χ2v) is 7.23. The lowest BCUT2D eigenvalue weighted by Crippen LogP contribution is -2.59. The van der Waals surface area contributed by atoms with Crippen LogP contribution in [0.2, 0.25) is 0 Å². The predicted molar refractivity (Wildman–Crippen MR) is 69.8 cm³/mol. The van der Waals surface area contributed by atoms with E-state index in [-0.39, 0.29) is 11.4 Å². The van der Waals surface area contributed by atoms with Crippen LogP contribution >= 0.6 is 0 Å². The molecule has 2 N–H and O–H groups in total. The molecule has 3 nitrogen and oxygen atoms in total. The van der Waals surface area contributed by atoms with E-state index in [0.29, 0.717) is 6.54 Å². The van der Waals surface area contributed by atoms with Crippen molar-refractivity contribution in [2.75, 3.05) is 13.7 Å². The van der Waals surface area contributed by atoms with Crippen LogP contribution in [0.5, 0.6) is 0 Å². The van der Waals surface area contributed by atoms with Gasteiger partial charge in [0.2, 0.25) is 0 Å². The summed E-state index contributed by atoms with van der Waals surface area (Å²) in [6, 6.07) is 0. The highest BCUT2D eigenvalue weighted by Crippen LogP contribution is 2.65. The van der Waals surface area contributed by atoms with Crippen LogP contribution in [0.15, 0.2) is 0 Å². The number of rotatable bonds is 3. The third kappa shape index (κ3) is 1.49. The highest BCUT2D eigenvalue weighted by Gasteiger charge is 2.61. The maximum atomic E-state index is 12.3. The summed E-state index contributed by atoms with van der Waals surface area (Å²) in [5.74, 6) is 2.43. The molecule has 0 aliphatic heterocycles. The lowest BCUT2D eigenvalue weighted by atomic mass is 9.43. The molecule has 18 heavy (non-hydrogen) atoms. The zero-order valence-electron chi connectivity index (χ0n) is 11.6. The molecule has 0 saturated heterocycles. The first-order valence-electron chi connectivity index (χ1n) is 7.31. The molecular weight excluding hydrogens is 226 g/mol. The molecule has 0 heterocycles. The molecule has 0 spiro atoms. The second-order valence-electron chi connectivity index (χ2n) is 7.23. The zero-order chi connectivity index (χ0) is 13.0. The molecule has 0 aromatic carbocycles. The lowest BCUT2D eigenvalue weighted by molar-refractivity contribution is -0.177. The summed E-state index contributed by atoms with van der Waals surface area (Å²) >= 11 is 0. The molecule has 4 aliphatic rings. The molecule has 4 aliphatic carbocycles. The van der Waals surface area contributed by atoms with Gasteiger partial charge in [-0.25, -0.2) is 0 Å². The van der Waals surface area contributed by atoms with Gasteiger partial charge in [0.05, 0.1) is 12.5 Å². The van der Waals surface area contributed by atoms with E-state index >= 15 is 0 Å². The van der Waals surface area contributed by atoms with Gasteiger partial charge in [0.15, 0.2) is 0 Å². The van der Waals surface area contributed by atoms with Crippen LogP contribution in [0.25, 0.3) is 0 Å². The number of hydrogen-bond acceptors (Lipinski definition) is 3. The van der Waals surface area contributed by atoms with Crippen molar-refractivity contribution in [3.05, 3.63) is 0 Å². The van der Waals surface area contributed by atoms with E-state index in [1.165, 1.54) is 45.6 Å². The van der Waals surface area contributed by atoms with Crippen molar-refractivity contribution < 1.29 is 9.53 Å². The van der Waals surface area contributed by atoms with E-state index in [9.17, 15) is 4.79 Å². The predicted octanol–water partition coefficient (Wildman–Crippen LogP) is 2.34. The first-order chi connectivity index (χ1) is 8.53. The van der Waals surface area contributed by atoms with Gasteiger partial charge in [0, 0.05) is 6.54 Å². The SMILES string of the molecule is COC(=O)C(C)(CN)C12CC3CC(CC(C3)C1)C2. The van der Waals surface area contributed by atoms with Gasteiger partial charge in [-0.2, -0.15) is 0 Å². The number of esters is 1. The Kier molecular flexibility index (Phi) is 2.74. The molecule has 4 rings (SSSR count). The minimum atomic E-state index is -0.474. The molecule has 1 atom stereocenters. The Morgan fingerprint density at radius 1 is 1.22 bits per heavy atom. The standard InChI is InChI=1S/C15H25NO2/c1-14(9-16,13(17)18-2)15-6-10-3-11(7-15)5-12(4-10)8-15/h10-12H,3-9,16H2,1-2H3. The van der Waals surface area contributed by atoms with Crippen molar-refractivity contribution in [1.82, 2.24) is 0 Å². The minimum absolute atomic E-state index is 0.0908. The van der Waals surface area contributed by atoms with Gasteiger partial charge in [-0.1, -0.05) is 0 Å². The van der Waals surface area contributed by atoms with Crippen LogP contribution < -0.4 is 5.73 Å². The third-order valence-corrected chi connectivity index (χ3v) is 6.25. The van der Waals surface area contributed by atoms with E-state index in [2.05, 4.69) is 0 Å². The number of methoxy groups -OCH3 is 1. The van der Waals surface area contributed by atoms with E-state index < -0.39 is 5.41 Å². The number of carbonyl (C=O) groups is 1. The Morgan fingerprint density at radius 2 is 1.67 bits per heavy atom. The summed E-state index contributed by atoms with van der Waals surface area (Å²) in [5.41, 5.74) is 5.66. The molecule has 102 valence electrons. The van der Waals surface area contributed by atoms with Crippen LogP contribution in [-0.2, 0) is 9.53 Å². The topological polar surface area (TPSA) is 52.3 Å². The van der Waals surface area contributed by atoms with Gasteiger partial charge in [-0.05, 0) is 68.6 Å². The van der Waals surface area contributed by atoms with E-state index in [0.717, 1.165) is 17.8 Å². The minimum Gasteiger partial charge on any atom is -0.469 e. The highest BCUT2D eigenvalue weighted by molar-refractivity contribution is 5.78. The third-order valence-electron chi connectivity index (χ3n) is 6.25. The van der Waals surface area contributed by atoms with Crippen molar-refractivity contribution in [3.63, 3.8) is 0 Å². The van der Waals surface area contributed by atoms with Crippen molar-refractivity contribution >= 4 is 5.97 Å². The molecule has 4 bridgehead atoms. The van der Waals surface area contributed by atoms with Gasteiger partial charge >= 0.3 is 5.97 Å². The average Bonchev–Trinajstić information content (AvgIpc) is 2.35. The monoisotopic (exact) mass is 251 g/mol. The van der Waals surface area contributed by atoms with Crippen molar-refractivity contribution in [2.24, 2.45) is 34.3 Å². The molecule has 0 radical (unpaired) electrons. The Bertz CT molecular complexity index is 330. The van der Waals surface area contributed by atoms with Crippen LogP contribution in [0.1, 0.15) is 45.4 Å². The summed E-state index contributed by atoms with van der Waals surface area (Å²) < 4.78 is 5.08. The fourth-order valence-electron chi connectivity index (χ4n) is 5.53. The van der Waals surface area contributed by atoms with Gasteiger partial charge in [0.1, 0.15) is 0 Å². The molecule has 4 saturated carbocycles. The van der Waals surface area contributed by atoms with Crippen molar-refractivity contribution in [3.8, 4) is 0 Å². The van der Waals surface area contributed by atoms with Crippen LogP contribution in [0.4, 0.5) is 0 Å². The zero-order valence-corrected chi connectivity index (χ0v) is 11.6. The number of hydrogen-bond donors (Lipinski definition) is 1. The van der Waals surface area contributed by atoms with Crippen molar-refractivity contribution in [2.45, 2.75) is 45.4 Å². The first-order valence-corrected chi connectivity index (χ1v) is 7.31. The van der Waals surface area contributed by atoms with Gasteiger partial charge in [-0.15, -0.1) is 0 Å². The normalized spacial score (nSPS) is 44.7. The highest BCUT2D eigenvalue weighted by atomic mass is 16.5. The Hall–Kier alpha value is -0.570. The summed E-state index contributed by atoms with van der Waals surface area (Å²) in [6.45, 7) is 2.47. The van der Waals surface area contributed by atoms with E-state index in [1.54, 1.807) is 0 Å². The maximum Gasteiger partial charge on any atom is 0.313 e. The fourth-order valence-corrected chi connectivity index (χ4v) is 5.53. The Morgan fingerprint density at radius 3 is 2.00 bits per heavy atom. The quantitative estimate of drug-likeness (QED) is 0.783. The largest absolute Gasteiger partial charge is 0.469 e. The molecule has 3 heteroatoms. The molecule has 0 aromatic rings. The average molecular weight is 251 g/mol. The van der Waals surface area contributed by atoms with Crippen LogP contribution in [0.3, 0.4) is 0 Å². The maximum absolute atomic E-state index is 12.3. The van der Waals surface area contributed by atoms with E-state index in [1.807, 2.05) is 6.92 Å². The Balaban J connectivity index is 1.96.